The Morgan fingerprint density at radius 2 is 1.95 bits per heavy atom. The molecule has 0 saturated heterocycles. The van der Waals surface area contributed by atoms with Crippen LogP contribution in [-0.4, -0.2) is 22.5 Å². The normalized spacial score (nSPS) is 12.6. The third kappa shape index (κ3) is 4.08. The van der Waals surface area contributed by atoms with E-state index in [0.717, 1.165) is 12.3 Å². The summed E-state index contributed by atoms with van der Waals surface area (Å²) in [6.07, 6.45) is 0. The average molecular weight is 277 g/mol. The molecule has 0 aliphatic carbocycles. The summed E-state index contributed by atoms with van der Waals surface area (Å²) in [7, 11) is 0. The summed E-state index contributed by atoms with van der Waals surface area (Å²) in [6.45, 7) is 6.95. The van der Waals surface area contributed by atoms with Crippen LogP contribution in [0, 0.1) is 13.8 Å². The van der Waals surface area contributed by atoms with E-state index < -0.39 is 0 Å². The maximum atomic E-state index is 5.38. The highest BCUT2D eigenvalue weighted by Gasteiger charge is 2.13. The first kappa shape index (κ1) is 14.1. The van der Waals surface area contributed by atoms with Crippen LogP contribution < -0.4 is 5.32 Å². The van der Waals surface area contributed by atoms with Crippen LogP contribution in [0.1, 0.15) is 30.0 Å². The van der Waals surface area contributed by atoms with E-state index in [4.69, 9.17) is 4.42 Å². The molecule has 1 heterocycles. The van der Waals surface area contributed by atoms with Crippen LogP contribution in [0.3, 0.4) is 0 Å². The van der Waals surface area contributed by atoms with Crippen LogP contribution in [0.4, 0.5) is 0 Å². The number of rotatable bonds is 6. The first-order valence-corrected chi connectivity index (χ1v) is 7.40. The number of nitrogens with one attached hydrogen (secondary N) is 1. The highest BCUT2D eigenvalue weighted by atomic mass is 32.2. The van der Waals surface area contributed by atoms with Crippen molar-refractivity contribution in [2.45, 2.75) is 32.0 Å². The predicted octanol–water partition coefficient (Wildman–Crippen LogP) is 3.13. The van der Waals surface area contributed by atoms with Crippen molar-refractivity contribution in [1.82, 2.24) is 15.5 Å². The molecule has 1 N–H and O–H groups in total. The van der Waals surface area contributed by atoms with Gasteiger partial charge < -0.3 is 9.73 Å². The van der Waals surface area contributed by atoms with Crippen molar-refractivity contribution in [3.63, 3.8) is 0 Å². The van der Waals surface area contributed by atoms with Gasteiger partial charge in [0.2, 0.25) is 5.89 Å². The quantitative estimate of drug-likeness (QED) is 0.822. The summed E-state index contributed by atoms with van der Waals surface area (Å²) in [5, 5.41) is 12.0. The zero-order valence-electron chi connectivity index (χ0n) is 11.5. The Labute approximate surface area is 118 Å². The monoisotopic (exact) mass is 277 g/mol. The number of benzene rings is 1. The van der Waals surface area contributed by atoms with E-state index in [1.54, 1.807) is 18.7 Å². The van der Waals surface area contributed by atoms with Crippen molar-refractivity contribution < 1.29 is 4.42 Å². The minimum absolute atomic E-state index is 0.294. The van der Waals surface area contributed by atoms with Gasteiger partial charge in [0.1, 0.15) is 0 Å². The van der Waals surface area contributed by atoms with Gasteiger partial charge in [-0.2, -0.15) is 0 Å². The number of aromatic nitrogens is 2. The van der Waals surface area contributed by atoms with E-state index in [-0.39, 0.29) is 0 Å². The van der Waals surface area contributed by atoms with Crippen LogP contribution in [-0.2, 0) is 0 Å². The average Bonchev–Trinajstić information content (AvgIpc) is 2.81. The van der Waals surface area contributed by atoms with Crippen LogP contribution in [0.5, 0.6) is 0 Å². The van der Waals surface area contributed by atoms with Gasteiger partial charge in [-0.1, -0.05) is 48.5 Å². The van der Waals surface area contributed by atoms with Gasteiger partial charge in [-0.05, 0) is 19.0 Å². The second-order valence-electron chi connectivity index (χ2n) is 4.42. The van der Waals surface area contributed by atoms with Gasteiger partial charge in [-0.3, -0.25) is 0 Å². The highest BCUT2D eigenvalue weighted by molar-refractivity contribution is 7.99. The predicted molar refractivity (Wildman–Crippen MR) is 77.4 cm³/mol. The molecule has 0 radical (unpaired) electrons. The molecule has 0 bridgehead atoms. The lowest BCUT2D eigenvalue weighted by molar-refractivity contribution is 0.428. The Morgan fingerprint density at radius 1 is 1.21 bits per heavy atom. The minimum Gasteiger partial charge on any atom is -0.416 e. The summed E-state index contributed by atoms with van der Waals surface area (Å²) < 4.78 is 5.38. The smallest absolute Gasteiger partial charge is 0.276 e. The zero-order chi connectivity index (χ0) is 13.7. The molecule has 1 aromatic carbocycles. The van der Waals surface area contributed by atoms with Crippen molar-refractivity contribution >= 4 is 11.8 Å². The molecule has 2 rings (SSSR count). The minimum atomic E-state index is 0.294. The van der Waals surface area contributed by atoms with Crippen molar-refractivity contribution in [3.05, 3.63) is 41.3 Å². The fourth-order valence-electron chi connectivity index (χ4n) is 1.81. The van der Waals surface area contributed by atoms with Crippen molar-refractivity contribution in [1.29, 1.82) is 0 Å². The summed E-state index contributed by atoms with van der Waals surface area (Å²) in [5.41, 5.74) is 2.57. The fraction of sp³-hybridized carbons (Fsp3) is 0.429. The Morgan fingerprint density at radius 3 is 2.53 bits per heavy atom. The maximum Gasteiger partial charge on any atom is 0.276 e. The highest BCUT2D eigenvalue weighted by Crippen LogP contribution is 2.24. The largest absolute Gasteiger partial charge is 0.416 e. The van der Waals surface area contributed by atoms with E-state index in [0.29, 0.717) is 17.2 Å². The number of nitrogens with zero attached hydrogens (tertiary/aromatic N) is 2. The Hall–Kier alpha value is -1.33. The van der Waals surface area contributed by atoms with Crippen LogP contribution in [0.15, 0.2) is 33.9 Å². The molecule has 102 valence electrons. The van der Waals surface area contributed by atoms with E-state index in [2.05, 4.69) is 53.6 Å². The molecule has 0 fully saturated rings. The van der Waals surface area contributed by atoms with Crippen LogP contribution in [0.2, 0.25) is 0 Å². The van der Waals surface area contributed by atoms with Crippen LogP contribution in [0.25, 0.3) is 0 Å². The number of hydrogen-bond donors (Lipinski definition) is 1. The Kier molecular flexibility index (Phi) is 4.99. The molecule has 1 unspecified atom stereocenters. The van der Waals surface area contributed by atoms with Gasteiger partial charge in [-0.15, -0.1) is 10.2 Å². The van der Waals surface area contributed by atoms with E-state index in [9.17, 15) is 0 Å². The first-order chi connectivity index (χ1) is 9.19. The van der Waals surface area contributed by atoms with Gasteiger partial charge in [0.05, 0.1) is 0 Å². The van der Waals surface area contributed by atoms with E-state index in [1.165, 1.54) is 11.1 Å². The molecule has 4 nitrogen and oxygen atoms in total. The fourth-order valence-corrected chi connectivity index (χ4v) is 2.71. The lowest BCUT2D eigenvalue weighted by Gasteiger charge is -2.17. The second kappa shape index (κ2) is 6.73. The van der Waals surface area contributed by atoms with E-state index >= 15 is 0 Å². The lowest BCUT2D eigenvalue weighted by atomic mass is 10.1. The molecule has 0 saturated carbocycles. The molecule has 2 aromatic rings. The zero-order valence-corrected chi connectivity index (χ0v) is 12.3. The molecular weight excluding hydrogens is 258 g/mol. The van der Waals surface area contributed by atoms with Gasteiger partial charge in [0.25, 0.3) is 5.22 Å². The molecule has 0 amide bonds. The van der Waals surface area contributed by atoms with E-state index in [1.807, 2.05) is 0 Å². The van der Waals surface area contributed by atoms with Crippen molar-refractivity contribution in [3.8, 4) is 0 Å². The van der Waals surface area contributed by atoms with Crippen LogP contribution >= 0.6 is 11.8 Å². The lowest BCUT2D eigenvalue weighted by Crippen LogP contribution is -2.22. The van der Waals surface area contributed by atoms with Gasteiger partial charge in [-0.25, -0.2) is 0 Å². The molecule has 1 aromatic heterocycles. The summed E-state index contributed by atoms with van der Waals surface area (Å²) >= 11 is 1.59. The number of thioether (sulfide) groups is 1. The van der Waals surface area contributed by atoms with Gasteiger partial charge in [0, 0.05) is 18.7 Å². The van der Waals surface area contributed by atoms with Gasteiger partial charge >= 0.3 is 0 Å². The standard InChI is InChI=1S/C14H19N3OS/c1-4-15-13(12-7-5-10(2)6-8-12)9-19-14-17-16-11(3)18-14/h5-8,13,15H,4,9H2,1-3H3. The summed E-state index contributed by atoms with van der Waals surface area (Å²) in [5.74, 6) is 1.48. The topological polar surface area (TPSA) is 51.0 Å². The number of hydrogen-bond acceptors (Lipinski definition) is 5. The van der Waals surface area contributed by atoms with Crippen molar-refractivity contribution in [2.24, 2.45) is 0 Å². The molecule has 5 heteroatoms. The Balaban J connectivity index is 2.01. The van der Waals surface area contributed by atoms with Crippen molar-refractivity contribution in [2.75, 3.05) is 12.3 Å². The maximum absolute atomic E-state index is 5.38. The first-order valence-electron chi connectivity index (χ1n) is 6.42. The Bertz CT molecular complexity index is 510. The number of aryl methyl sites for hydroxylation is 2. The summed E-state index contributed by atoms with van der Waals surface area (Å²) in [6, 6.07) is 8.91. The second-order valence-corrected chi connectivity index (χ2v) is 5.39. The molecular formula is C14H19N3OS. The van der Waals surface area contributed by atoms with Gasteiger partial charge in [0.15, 0.2) is 0 Å². The molecule has 0 aliphatic rings. The SMILES string of the molecule is CCNC(CSc1nnc(C)o1)c1ccc(C)cc1. The molecule has 1 atom stereocenters. The molecule has 19 heavy (non-hydrogen) atoms. The third-order valence-corrected chi connectivity index (χ3v) is 3.72. The molecule has 0 spiro atoms. The molecule has 0 aliphatic heterocycles. The summed E-state index contributed by atoms with van der Waals surface area (Å²) in [4.78, 5) is 0. The third-order valence-electron chi connectivity index (χ3n) is 2.81.